The van der Waals surface area contributed by atoms with Crippen molar-refractivity contribution >= 4 is 17.4 Å². The highest BCUT2D eigenvalue weighted by Crippen LogP contribution is 2.43. The number of hydrogen-bond donors (Lipinski definition) is 3. The first-order valence-corrected chi connectivity index (χ1v) is 12.9. The van der Waals surface area contributed by atoms with Crippen molar-refractivity contribution in [2.45, 2.75) is 78.7 Å². The van der Waals surface area contributed by atoms with Gasteiger partial charge in [-0.15, -0.1) is 0 Å². The zero-order valence-electron chi connectivity index (χ0n) is 22.6. The summed E-state index contributed by atoms with van der Waals surface area (Å²) in [6.07, 6.45) is 4.26. The molecular formula is C29H44N4O2. The van der Waals surface area contributed by atoms with Crippen molar-refractivity contribution in [1.29, 1.82) is 0 Å². The van der Waals surface area contributed by atoms with Gasteiger partial charge in [-0.1, -0.05) is 46.8 Å². The van der Waals surface area contributed by atoms with Crippen molar-refractivity contribution in [3.05, 3.63) is 47.7 Å². The Hall–Kier alpha value is -2.76. The van der Waals surface area contributed by atoms with E-state index in [4.69, 9.17) is 9.72 Å². The van der Waals surface area contributed by atoms with E-state index in [1.165, 1.54) is 0 Å². The second-order valence-electron chi connectivity index (χ2n) is 11.7. The average Bonchev–Trinajstić information content (AvgIpc) is 2.82. The van der Waals surface area contributed by atoms with Crippen LogP contribution >= 0.6 is 0 Å². The van der Waals surface area contributed by atoms with Crippen LogP contribution in [-0.2, 0) is 11.2 Å². The Kier molecular flexibility index (Phi) is 8.68. The molecule has 0 aliphatic heterocycles. The van der Waals surface area contributed by atoms with E-state index in [1.807, 2.05) is 31.3 Å². The number of pyridine rings is 1. The van der Waals surface area contributed by atoms with Crippen molar-refractivity contribution < 1.29 is 9.53 Å². The van der Waals surface area contributed by atoms with Crippen molar-refractivity contribution in [3.8, 4) is 5.75 Å². The van der Waals surface area contributed by atoms with Gasteiger partial charge in [0.1, 0.15) is 11.6 Å². The topological polar surface area (TPSA) is 75.3 Å². The van der Waals surface area contributed by atoms with E-state index in [1.54, 1.807) is 7.11 Å². The fourth-order valence-corrected chi connectivity index (χ4v) is 4.68. The van der Waals surface area contributed by atoms with E-state index in [9.17, 15) is 4.79 Å². The van der Waals surface area contributed by atoms with Crippen molar-refractivity contribution in [2.24, 2.45) is 10.8 Å². The third-order valence-electron chi connectivity index (χ3n) is 7.12. The zero-order chi connectivity index (χ0) is 25.6. The Morgan fingerprint density at radius 3 is 2.49 bits per heavy atom. The Morgan fingerprint density at radius 1 is 1.14 bits per heavy atom. The maximum absolute atomic E-state index is 12.9. The first kappa shape index (κ1) is 26.8. The number of rotatable bonds is 9. The number of benzene rings is 1. The predicted molar refractivity (Wildman–Crippen MR) is 145 cm³/mol. The van der Waals surface area contributed by atoms with Gasteiger partial charge in [0.15, 0.2) is 0 Å². The highest BCUT2D eigenvalue weighted by atomic mass is 16.5. The molecule has 0 bridgehead atoms. The highest BCUT2D eigenvalue weighted by Gasteiger charge is 2.38. The van der Waals surface area contributed by atoms with Crippen LogP contribution in [0.3, 0.4) is 0 Å². The lowest BCUT2D eigenvalue weighted by Crippen LogP contribution is -2.48. The quantitative estimate of drug-likeness (QED) is 0.410. The van der Waals surface area contributed by atoms with Gasteiger partial charge in [-0.3, -0.25) is 4.79 Å². The maximum Gasteiger partial charge on any atom is 0.220 e. The smallest absolute Gasteiger partial charge is 0.220 e. The van der Waals surface area contributed by atoms with Crippen LogP contribution in [0.2, 0.25) is 0 Å². The monoisotopic (exact) mass is 480 g/mol. The van der Waals surface area contributed by atoms with Crippen LogP contribution in [0.1, 0.15) is 77.5 Å². The molecule has 35 heavy (non-hydrogen) atoms. The van der Waals surface area contributed by atoms with Gasteiger partial charge < -0.3 is 20.7 Å². The van der Waals surface area contributed by atoms with E-state index in [2.05, 4.69) is 62.7 Å². The summed E-state index contributed by atoms with van der Waals surface area (Å²) < 4.78 is 5.22. The van der Waals surface area contributed by atoms with Crippen molar-refractivity contribution in [2.75, 3.05) is 31.3 Å². The minimum Gasteiger partial charge on any atom is -0.497 e. The molecule has 1 aliphatic carbocycles. The van der Waals surface area contributed by atoms with Gasteiger partial charge in [0.25, 0.3) is 0 Å². The molecule has 1 amide bonds. The van der Waals surface area contributed by atoms with Crippen molar-refractivity contribution in [1.82, 2.24) is 10.3 Å². The summed E-state index contributed by atoms with van der Waals surface area (Å²) in [7, 11) is 3.58. The zero-order valence-corrected chi connectivity index (χ0v) is 22.6. The third kappa shape index (κ3) is 7.61. The number of aromatic nitrogens is 1. The summed E-state index contributed by atoms with van der Waals surface area (Å²) in [4.78, 5) is 17.8. The molecule has 6 heteroatoms. The Labute approximate surface area is 211 Å². The summed E-state index contributed by atoms with van der Waals surface area (Å²) in [5, 5.41) is 10.1. The molecule has 0 saturated heterocycles. The lowest BCUT2D eigenvalue weighted by atomic mass is 9.68. The van der Waals surface area contributed by atoms with Crippen LogP contribution in [0.15, 0.2) is 36.4 Å². The minimum absolute atomic E-state index is 0.0618. The van der Waals surface area contributed by atoms with Crippen LogP contribution < -0.4 is 20.7 Å². The molecule has 1 aromatic heterocycles. The molecule has 1 heterocycles. The largest absolute Gasteiger partial charge is 0.497 e. The van der Waals surface area contributed by atoms with Crippen LogP contribution in [0, 0.1) is 10.8 Å². The van der Waals surface area contributed by atoms with E-state index >= 15 is 0 Å². The normalized spacial score (nSPS) is 19.6. The Bertz CT molecular complexity index is 979. The molecule has 1 aromatic carbocycles. The predicted octanol–water partition coefficient (Wildman–Crippen LogP) is 6.00. The lowest BCUT2D eigenvalue weighted by Gasteiger charge is -2.42. The molecule has 192 valence electrons. The Morgan fingerprint density at radius 2 is 1.86 bits per heavy atom. The molecule has 2 atom stereocenters. The van der Waals surface area contributed by atoms with Gasteiger partial charge in [-0.25, -0.2) is 4.98 Å². The number of nitrogens with zero attached hydrogens (tertiary/aromatic N) is 1. The average molecular weight is 481 g/mol. The van der Waals surface area contributed by atoms with Crippen molar-refractivity contribution in [3.63, 3.8) is 0 Å². The summed E-state index contributed by atoms with van der Waals surface area (Å²) >= 11 is 0. The number of hydrogen-bond acceptors (Lipinski definition) is 5. The summed E-state index contributed by atoms with van der Waals surface area (Å²) in [5.74, 6) is 2.17. The fourth-order valence-electron chi connectivity index (χ4n) is 4.68. The van der Waals surface area contributed by atoms with E-state index in [-0.39, 0.29) is 22.8 Å². The SMILES string of the molecule is CNc1nc(C2CCC(C)(C)C(NC(=O)CCc3ccc(OC)cc3)C2)ccc1NCC(C)(C)C. The molecule has 1 saturated carbocycles. The van der Waals surface area contributed by atoms with Crippen LogP contribution in [0.5, 0.6) is 5.75 Å². The summed E-state index contributed by atoms with van der Waals surface area (Å²) in [6.45, 7) is 12.1. The number of anilines is 2. The molecular weight excluding hydrogens is 436 g/mol. The number of carbonyl (C=O) groups is 1. The number of amides is 1. The fraction of sp³-hybridized carbons (Fsp3) is 0.586. The van der Waals surface area contributed by atoms with Gasteiger partial charge >= 0.3 is 0 Å². The van der Waals surface area contributed by atoms with Crippen LogP contribution in [0.25, 0.3) is 0 Å². The number of aryl methyl sites for hydroxylation is 1. The van der Waals surface area contributed by atoms with Gasteiger partial charge in [0, 0.05) is 37.7 Å². The van der Waals surface area contributed by atoms with Gasteiger partial charge in [0.05, 0.1) is 12.8 Å². The van der Waals surface area contributed by atoms with E-state index < -0.39 is 0 Å². The molecule has 3 rings (SSSR count). The number of ether oxygens (including phenoxy) is 1. The molecule has 3 N–H and O–H groups in total. The highest BCUT2D eigenvalue weighted by molar-refractivity contribution is 5.76. The summed E-state index contributed by atoms with van der Waals surface area (Å²) in [6, 6.07) is 12.4. The number of nitrogens with one attached hydrogen (secondary N) is 3. The Balaban J connectivity index is 1.63. The second-order valence-corrected chi connectivity index (χ2v) is 11.7. The lowest BCUT2D eigenvalue weighted by molar-refractivity contribution is -0.123. The van der Waals surface area contributed by atoms with E-state index in [0.717, 1.165) is 60.7 Å². The van der Waals surface area contributed by atoms with E-state index in [0.29, 0.717) is 12.3 Å². The number of carbonyl (C=O) groups excluding carboxylic acids is 1. The molecule has 2 unspecified atom stereocenters. The first-order chi connectivity index (χ1) is 16.5. The van der Waals surface area contributed by atoms with Gasteiger partial charge in [-0.2, -0.15) is 0 Å². The molecule has 1 aliphatic rings. The van der Waals surface area contributed by atoms with Crippen LogP contribution in [0.4, 0.5) is 11.5 Å². The molecule has 1 fully saturated rings. The van der Waals surface area contributed by atoms with Gasteiger partial charge in [0.2, 0.25) is 5.91 Å². The molecule has 0 radical (unpaired) electrons. The minimum atomic E-state index is 0.0618. The molecule has 0 spiro atoms. The maximum atomic E-state index is 12.9. The first-order valence-electron chi connectivity index (χ1n) is 12.9. The number of methoxy groups -OCH3 is 1. The second kappa shape index (κ2) is 11.3. The molecule has 6 nitrogen and oxygen atoms in total. The van der Waals surface area contributed by atoms with Crippen LogP contribution in [-0.4, -0.2) is 37.6 Å². The molecule has 2 aromatic rings. The summed E-state index contributed by atoms with van der Waals surface area (Å²) in [5.41, 5.74) is 3.53. The van der Waals surface area contributed by atoms with Gasteiger partial charge in [-0.05, 0) is 66.3 Å². The third-order valence-corrected chi connectivity index (χ3v) is 7.12. The standard InChI is InChI=1S/C29H44N4O2/c1-28(2,3)19-31-24-14-13-23(32-27(24)30-6)21-16-17-29(4,5)25(18-21)33-26(34)15-10-20-8-11-22(35-7)12-9-20/h8-9,11-14,21,25,31H,10,15-19H2,1-7H3,(H,30,32)(H,33,34).